The van der Waals surface area contributed by atoms with Gasteiger partial charge in [0.25, 0.3) is 0 Å². The van der Waals surface area contributed by atoms with Gasteiger partial charge < -0.3 is 0 Å². The summed E-state index contributed by atoms with van der Waals surface area (Å²) in [5.74, 6) is -56.4. The van der Waals surface area contributed by atoms with Gasteiger partial charge in [-0.2, -0.15) is 74.6 Å². The second-order valence-corrected chi connectivity index (χ2v) is 6.39. The first-order valence-electron chi connectivity index (χ1n) is 7.53. The minimum atomic E-state index is -8.62. The molecule has 186 valence electrons. The average Bonchev–Trinajstić information content (AvgIpc) is 2.59. The highest BCUT2D eigenvalue weighted by Crippen LogP contribution is 2.65. The third-order valence-electron chi connectivity index (χ3n) is 4.10. The van der Waals surface area contributed by atoms with Crippen LogP contribution in [0.25, 0.3) is 0 Å². The van der Waals surface area contributed by atoms with Crippen LogP contribution in [-0.4, -0.2) is 41.7 Å². The van der Waals surface area contributed by atoms with E-state index in [2.05, 4.69) is 0 Å². The van der Waals surface area contributed by atoms with Gasteiger partial charge in [0.15, 0.2) is 0 Å². The third kappa shape index (κ3) is 3.45. The summed E-state index contributed by atoms with van der Waals surface area (Å²) in [4.78, 5) is 0. The quantitative estimate of drug-likeness (QED) is 0.334. The molecule has 0 saturated carbocycles. The van der Waals surface area contributed by atoms with Gasteiger partial charge in [-0.05, 0) is 13.0 Å². The van der Waals surface area contributed by atoms with Gasteiger partial charge in [-0.25, -0.2) is 0 Å². The Morgan fingerprint density at radius 1 is 0.469 bits per heavy atom. The molecule has 0 N–H and O–H groups in total. The lowest BCUT2D eigenvalue weighted by molar-refractivity contribution is -0.462. The molecule has 1 rings (SSSR count). The molecule has 0 saturated heterocycles. The van der Waals surface area contributed by atoms with Crippen molar-refractivity contribution in [3.05, 3.63) is 35.4 Å². The van der Waals surface area contributed by atoms with Gasteiger partial charge in [0, 0.05) is 5.56 Å². The highest BCUT2D eigenvalue weighted by atomic mass is 19.4. The van der Waals surface area contributed by atoms with E-state index in [0.717, 1.165) is 13.0 Å². The molecule has 1 aromatic rings. The molecule has 0 heterocycles. The Bertz CT molecular complexity index is 833. The maximum Gasteiger partial charge on any atom is 0.460 e. The number of aryl methyl sites for hydroxylation is 1. The topological polar surface area (TPSA) is 0 Å². The number of halogens is 17. The van der Waals surface area contributed by atoms with E-state index in [1.165, 1.54) is 0 Å². The zero-order valence-electron chi connectivity index (χ0n) is 14.7. The molecule has 0 aliphatic rings. The molecule has 0 amide bonds. The lowest BCUT2D eigenvalue weighted by Crippen LogP contribution is -2.74. The number of hydrogen-bond acceptors (Lipinski definition) is 0. The van der Waals surface area contributed by atoms with Crippen LogP contribution in [0, 0.1) is 6.92 Å². The Labute approximate surface area is 166 Å². The molecule has 1 aromatic carbocycles. The highest BCUT2D eigenvalue weighted by Gasteiger charge is 2.95. The van der Waals surface area contributed by atoms with Gasteiger partial charge in [-0.3, -0.25) is 0 Å². The molecule has 32 heavy (non-hydrogen) atoms. The van der Waals surface area contributed by atoms with E-state index in [1.54, 1.807) is 0 Å². The Kier molecular flexibility index (Phi) is 6.37. The largest absolute Gasteiger partial charge is 0.460 e. The Morgan fingerprint density at radius 3 is 1.16 bits per heavy atom. The predicted molar refractivity (Wildman–Crippen MR) is 70.8 cm³/mol. The van der Waals surface area contributed by atoms with Gasteiger partial charge >= 0.3 is 47.6 Å². The first-order chi connectivity index (χ1) is 13.7. The van der Waals surface area contributed by atoms with Crippen molar-refractivity contribution in [2.24, 2.45) is 0 Å². The minimum absolute atomic E-state index is 0.0211. The molecule has 0 unspecified atom stereocenters. The maximum absolute atomic E-state index is 13.9. The first kappa shape index (κ1) is 28.1. The summed E-state index contributed by atoms with van der Waals surface area (Å²) < 4.78 is 224. The molecule has 0 fully saturated rings. The minimum Gasteiger partial charge on any atom is -0.194 e. The molecular formula is C15H7F17. The van der Waals surface area contributed by atoms with E-state index >= 15 is 0 Å². The van der Waals surface area contributed by atoms with Crippen LogP contribution in [0.4, 0.5) is 74.6 Å². The smallest absolute Gasteiger partial charge is 0.194 e. The number of benzene rings is 1. The fourth-order valence-corrected chi connectivity index (χ4v) is 2.19. The number of hydrogen-bond donors (Lipinski definition) is 0. The van der Waals surface area contributed by atoms with Gasteiger partial charge in [-0.15, -0.1) is 0 Å². The van der Waals surface area contributed by atoms with E-state index in [-0.39, 0.29) is 12.1 Å². The third-order valence-corrected chi connectivity index (χ3v) is 4.10. The van der Waals surface area contributed by atoms with Gasteiger partial charge in [0.05, 0.1) is 0 Å². The van der Waals surface area contributed by atoms with E-state index in [4.69, 9.17) is 0 Å². The van der Waals surface area contributed by atoms with Crippen LogP contribution >= 0.6 is 0 Å². The highest BCUT2D eigenvalue weighted by molar-refractivity contribution is 5.29. The van der Waals surface area contributed by atoms with Crippen molar-refractivity contribution < 1.29 is 74.6 Å². The van der Waals surface area contributed by atoms with Gasteiger partial charge in [-0.1, -0.05) is 23.8 Å². The van der Waals surface area contributed by atoms with Crippen molar-refractivity contribution in [1.82, 2.24) is 0 Å². The summed E-state index contributed by atoms with van der Waals surface area (Å²) in [5.41, 5.74) is -2.61. The lowest BCUT2D eigenvalue weighted by atomic mass is 9.87. The SMILES string of the molecule is Cc1cccc(C(F)(F)C(F)(F)C(F)(F)C(F)(F)C(F)(F)C(F)(F)C(F)(F)C(F)(F)F)c1. The first-order valence-corrected chi connectivity index (χ1v) is 7.53. The van der Waals surface area contributed by atoms with Crippen LogP contribution in [0.3, 0.4) is 0 Å². The molecule has 0 spiro atoms. The summed E-state index contributed by atoms with van der Waals surface area (Å²) in [5, 5.41) is 0. The Hall–Kier alpha value is -1.97. The summed E-state index contributed by atoms with van der Waals surface area (Å²) in [7, 11) is 0. The fraction of sp³-hybridized carbons (Fsp3) is 0.600. The lowest BCUT2D eigenvalue weighted by Gasteiger charge is -2.42. The predicted octanol–water partition coefficient (Wildman–Crippen LogP) is 7.46. The summed E-state index contributed by atoms with van der Waals surface area (Å²) in [6.45, 7) is 0.887. The van der Waals surface area contributed by atoms with Gasteiger partial charge in [0.2, 0.25) is 0 Å². The summed E-state index contributed by atoms with van der Waals surface area (Å²) >= 11 is 0. The molecule has 17 heteroatoms. The molecule has 0 aliphatic carbocycles. The van der Waals surface area contributed by atoms with E-state index in [1.807, 2.05) is 0 Å². The van der Waals surface area contributed by atoms with Crippen LogP contribution in [-0.2, 0) is 5.92 Å². The molecule has 0 aromatic heterocycles. The van der Waals surface area contributed by atoms with Crippen molar-refractivity contribution in [1.29, 1.82) is 0 Å². The Balaban J connectivity index is 3.72. The number of rotatable bonds is 7. The standard InChI is InChI=1S/C15H7F17/c1-6-3-2-4-7(5-6)8(16,17)9(18,19)10(20,21)11(22,23)12(24,25)13(26,27)14(28,29)15(30,31)32/h2-5H,1H3. The van der Waals surface area contributed by atoms with Crippen LogP contribution in [0.5, 0.6) is 0 Å². The zero-order chi connectivity index (χ0) is 26.0. The molecule has 0 nitrogen and oxygen atoms in total. The second-order valence-electron chi connectivity index (χ2n) is 6.39. The second kappa shape index (κ2) is 7.27. The normalized spacial score (nSPS) is 15.8. The van der Waals surface area contributed by atoms with Crippen molar-refractivity contribution >= 4 is 0 Å². The molecular weight excluding hydrogens is 503 g/mol. The zero-order valence-corrected chi connectivity index (χ0v) is 14.7. The summed E-state index contributed by atoms with van der Waals surface area (Å²) in [6, 6.07) is 1.27. The Morgan fingerprint density at radius 2 is 0.812 bits per heavy atom. The molecule has 0 atom stereocenters. The molecule has 0 radical (unpaired) electrons. The number of alkyl halides is 17. The van der Waals surface area contributed by atoms with Crippen molar-refractivity contribution in [2.45, 2.75) is 54.6 Å². The maximum atomic E-state index is 13.9. The van der Waals surface area contributed by atoms with Crippen LogP contribution < -0.4 is 0 Å². The average molecular weight is 510 g/mol. The van der Waals surface area contributed by atoms with E-state index < -0.39 is 58.8 Å². The van der Waals surface area contributed by atoms with E-state index in [0.29, 0.717) is 6.07 Å². The van der Waals surface area contributed by atoms with Crippen LogP contribution in [0.15, 0.2) is 24.3 Å². The van der Waals surface area contributed by atoms with E-state index in [9.17, 15) is 74.6 Å². The van der Waals surface area contributed by atoms with Crippen molar-refractivity contribution in [3.63, 3.8) is 0 Å². The monoisotopic (exact) mass is 510 g/mol. The van der Waals surface area contributed by atoms with Gasteiger partial charge in [0.1, 0.15) is 0 Å². The molecule has 0 bridgehead atoms. The fourth-order valence-electron chi connectivity index (χ4n) is 2.19. The van der Waals surface area contributed by atoms with Crippen LogP contribution in [0.2, 0.25) is 0 Å². The van der Waals surface area contributed by atoms with Crippen molar-refractivity contribution in [2.75, 3.05) is 0 Å². The molecule has 0 aliphatic heterocycles. The summed E-state index contributed by atoms with van der Waals surface area (Å²) in [6.07, 6.45) is -7.76. The van der Waals surface area contributed by atoms with Crippen LogP contribution in [0.1, 0.15) is 11.1 Å². The van der Waals surface area contributed by atoms with Crippen molar-refractivity contribution in [3.8, 4) is 0 Å².